The van der Waals surface area contributed by atoms with Crippen molar-refractivity contribution in [1.29, 1.82) is 5.41 Å². The molecule has 38 heavy (non-hydrogen) atoms. The lowest BCUT2D eigenvalue weighted by atomic mass is 10.1. The van der Waals surface area contributed by atoms with Gasteiger partial charge in [-0.2, -0.15) is 0 Å². The van der Waals surface area contributed by atoms with Crippen molar-refractivity contribution in [3.8, 4) is 0 Å². The topological polar surface area (TPSA) is 142 Å². The normalized spacial score (nSPS) is 18.0. The Morgan fingerprint density at radius 3 is 2.66 bits per heavy atom. The molecule has 4 aromatic rings. The number of benzene rings is 2. The molecule has 0 unspecified atom stereocenters. The van der Waals surface area contributed by atoms with Crippen LogP contribution in [0.25, 0.3) is 21.9 Å². The number of likely N-dealkylation sites (tertiary alicyclic amines) is 1. The first-order valence-corrected chi connectivity index (χ1v) is 13.3. The number of nitrogen functional groups attached to an aromatic ring is 1. The number of carbonyl (C=O) groups is 3. The smallest absolute Gasteiger partial charge is 0.251 e. The highest BCUT2D eigenvalue weighted by Crippen LogP contribution is 2.29. The molecule has 196 valence electrons. The Morgan fingerprint density at radius 1 is 1.13 bits per heavy atom. The van der Waals surface area contributed by atoms with Gasteiger partial charge in [-0.25, -0.2) is 0 Å². The first-order valence-electron chi connectivity index (χ1n) is 12.4. The van der Waals surface area contributed by atoms with Crippen LogP contribution in [0.2, 0.25) is 0 Å². The number of hydrogen-bond acceptors (Lipinski definition) is 6. The van der Waals surface area contributed by atoms with Gasteiger partial charge in [0.25, 0.3) is 5.91 Å². The maximum atomic E-state index is 13.1. The molecule has 3 heterocycles. The van der Waals surface area contributed by atoms with E-state index in [9.17, 15) is 14.4 Å². The second-order valence-electron chi connectivity index (χ2n) is 9.78. The summed E-state index contributed by atoms with van der Waals surface area (Å²) in [6.07, 6.45) is 0.547. The molecular weight excluding hydrogens is 502 g/mol. The number of carbonyl (C=O) groups excluding carboxylic acids is 3. The van der Waals surface area contributed by atoms with Gasteiger partial charge in [0.15, 0.2) is 0 Å². The van der Waals surface area contributed by atoms with Crippen LogP contribution >= 0.6 is 11.3 Å². The molecule has 3 atom stereocenters. The number of nitrogens with one attached hydrogen (secondary N) is 3. The zero-order valence-corrected chi connectivity index (χ0v) is 21.9. The highest BCUT2D eigenvalue weighted by Gasteiger charge is 2.38. The van der Waals surface area contributed by atoms with Crippen LogP contribution in [-0.4, -0.2) is 47.6 Å². The monoisotopic (exact) mass is 531 g/mol. The van der Waals surface area contributed by atoms with E-state index >= 15 is 0 Å². The predicted octanol–water partition coefficient (Wildman–Crippen LogP) is 3.78. The molecule has 0 spiro atoms. The van der Waals surface area contributed by atoms with E-state index in [0.717, 1.165) is 21.2 Å². The highest BCUT2D eigenvalue weighted by atomic mass is 32.1. The minimum absolute atomic E-state index is 0.0208. The first-order chi connectivity index (χ1) is 18.2. The molecule has 10 heteroatoms. The van der Waals surface area contributed by atoms with Crippen molar-refractivity contribution in [2.75, 3.05) is 13.1 Å². The average Bonchev–Trinajstić information content (AvgIpc) is 3.63. The van der Waals surface area contributed by atoms with Gasteiger partial charge >= 0.3 is 0 Å². The van der Waals surface area contributed by atoms with Crippen LogP contribution in [0.5, 0.6) is 0 Å². The molecule has 5 N–H and O–H groups in total. The molecule has 1 saturated heterocycles. The van der Waals surface area contributed by atoms with Gasteiger partial charge in [0.05, 0.1) is 12.6 Å². The Kier molecular flexibility index (Phi) is 6.90. The second kappa shape index (κ2) is 10.3. The van der Waals surface area contributed by atoms with Crippen molar-refractivity contribution >= 4 is 56.8 Å². The van der Waals surface area contributed by atoms with Crippen molar-refractivity contribution in [3.63, 3.8) is 0 Å². The SMILES string of the molecule is C[C@H]1C[C@@H](C(=O)N[C@H](C)c2cc(C(=N)N)cs2)N(C(=O)CNC(=O)c2ccc3oc4ccccc4c3c2)C1. The van der Waals surface area contributed by atoms with Gasteiger partial charge in [-0.3, -0.25) is 19.8 Å². The Labute approximate surface area is 223 Å². The minimum atomic E-state index is -0.613. The molecule has 1 aliphatic heterocycles. The van der Waals surface area contributed by atoms with Gasteiger partial charge in [0, 0.05) is 38.7 Å². The lowest BCUT2D eigenvalue weighted by Crippen LogP contribution is -2.49. The fourth-order valence-electron chi connectivity index (χ4n) is 4.90. The van der Waals surface area contributed by atoms with Gasteiger partial charge in [-0.1, -0.05) is 25.1 Å². The summed E-state index contributed by atoms with van der Waals surface area (Å²) < 4.78 is 5.82. The predicted molar refractivity (Wildman–Crippen MR) is 147 cm³/mol. The summed E-state index contributed by atoms with van der Waals surface area (Å²) >= 11 is 1.42. The molecule has 3 amide bonds. The van der Waals surface area contributed by atoms with Crippen molar-refractivity contribution in [2.24, 2.45) is 11.7 Å². The number of thiophene rings is 1. The van der Waals surface area contributed by atoms with Crippen LogP contribution in [-0.2, 0) is 9.59 Å². The summed E-state index contributed by atoms with van der Waals surface area (Å²) in [7, 11) is 0. The Hall–Kier alpha value is -4.18. The maximum absolute atomic E-state index is 13.1. The van der Waals surface area contributed by atoms with Crippen LogP contribution in [0.4, 0.5) is 0 Å². The van der Waals surface area contributed by atoms with E-state index in [1.165, 1.54) is 11.3 Å². The van der Waals surface area contributed by atoms with Crippen LogP contribution in [0.1, 0.15) is 47.1 Å². The van der Waals surface area contributed by atoms with E-state index in [-0.39, 0.29) is 42.1 Å². The van der Waals surface area contributed by atoms with Crippen molar-refractivity contribution in [1.82, 2.24) is 15.5 Å². The first kappa shape index (κ1) is 25.5. The number of hydrogen-bond donors (Lipinski definition) is 4. The average molecular weight is 532 g/mol. The zero-order chi connectivity index (χ0) is 27.0. The fraction of sp³-hybridized carbons (Fsp3) is 0.286. The van der Waals surface area contributed by atoms with Gasteiger partial charge in [-0.15, -0.1) is 11.3 Å². The number of furan rings is 1. The highest BCUT2D eigenvalue weighted by molar-refractivity contribution is 7.10. The number of amidine groups is 1. The van der Waals surface area contributed by atoms with Crippen molar-refractivity contribution in [3.05, 3.63) is 69.9 Å². The zero-order valence-electron chi connectivity index (χ0n) is 21.1. The molecule has 5 rings (SSSR count). The molecule has 1 aliphatic rings. The van der Waals surface area contributed by atoms with Gasteiger partial charge < -0.3 is 25.7 Å². The molecular formula is C28H29N5O4S. The number of nitrogens with zero attached hydrogens (tertiary/aromatic N) is 1. The van der Waals surface area contributed by atoms with E-state index in [2.05, 4.69) is 10.6 Å². The standard InChI is InChI=1S/C28H29N5O4S/c1-15-9-21(28(36)32-16(2)24-11-18(14-38-24)26(29)30)33(13-15)25(34)12-31-27(35)17-7-8-23-20(10-17)19-5-3-4-6-22(19)37-23/h3-8,10-11,14-16,21H,9,12-13H2,1-2H3,(H3,29,30)(H,31,35)(H,32,36)/t15-,16+,21-/m0/s1. The summed E-state index contributed by atoms with van der Waals surface area (Å²) in [6.45, 7) is 4.10. The van der Waals surface area contributed by atoms with E-state index in [0.29, 0.717) is 29.7 Å². The maximum Gasteiger partial charge on any atom is 0.251 e. The summed E-state index contributed by atoms with van der Waals surface area (Å²) in [5.74, 6) is -0.778. The number of para-hydroxylation sites is 1. The number of rotatable bonds is 7. The van der Waals surface area contributed by atoms with Crippen LogP contribution in [0.15, 0.2) is 58.3 Å². The third-order valence-electron chi connectivity index (χ3n) is 6.89. The van der Waals surface area contributed by atoms with E-state index < -0.39 is 6.04 Å². The fourth-order valence-corrected chi connectivity index (χ4v) is 5.81. The summed E-state index contributed by atoms with van der Waals surface area (Å²) in [4.78, 5) is 41.5. The van der Waals surface area contributed by atoms with E-state index in [1.54, 1.807) is 34.5 Å². The van der Waals surface area contributed by atoms with Crippen molar-refractivity contribution < 1.29 is 18.8 Å². The third-order valence-corrected chi connectivity index (χ3v) is 8.00. The molecule has 0 aliphatic carbocycles. The van der Waals surface area contributed by atoms with Crippen LogP contribution < -0.4 is 16.4 Å². The van der Waals surface area contributed by atoms with Gasteiger partial charge in [-0.05, 0) is 49.6 Å². The van der Waals surface area contributed by atoms with Gasteiger partial charge in [0.2, 0.25) is 11.8 Å². The second-order valence-corrected chi connectivity index (χ2v) is 10.7. The minimum Gasteiger partial charge on any atom is -0.456 e. The number of nitrogens with two attached hydrogens (primary N) is 1. The van der Waals surface area contributed by atoms with Crippen LogP contribution in [0, 0.1) is 11.3 Å². The number of fused-ring (bicyclic) bond motifs is 3. The van der Waals surface area contributed by atoms with E-state index in [4.69, 9.17) is 15.6 Å². The summed E-state index contributed by atoms with van der Waals surface area (Å²) in [6, 6.07) is 13.7. The molecule has 9 nitrogen and oxygen atoms in total. The van der Waals surface area contributed by atoms with Crippen LogP contribution in [0.3, 0.4) is 0 Å². The summed E-state index contributed by atoms with van der Waals surface area (Å²) in [5, 5.41) is 16.8. The lowest BCUT2D eigenvalue weighted by molar-refractivity contribution is -0.138. The van der Waals surface area contributed by atoms with Gasteiger partial charge in [0.1, 0.15) is 23.0 Å². The Bertz CT molecular complexity index is 1560. The molecule has 1 fully saturated rings. The van der Waals surface area contributed by atoms with E-state index in [1.807, 2.05) is 38.1 Å². The molecule has 0 radical (unpaired) electrons. The quantitative estimate of drug-likeness (QED) is 0.212. The Balaban J connectivity index is 1.22. The molecule has 0 bridgehead atoms. The summed E-state index contributed by atoms with van der Waals surface area (Å²) in [5.41, 5.74) is 8.03. The largest absolute Gasteiger partial charge is 0.456 e. The molecule has 2 aromatic heterocycles. The van der Waals surface area contributed by atoms with Crippen molar-refractivity contribution in [2.45, 2.75) is 32.4 Å². The number of amides is 3. The third kappa shape index (κ3) is 4.99. The lowest BCUT2D eigenvalue weighted by Gasteiger charge is -2.25. The molecule has 2 aromatic carbocycles. The Morgan fingerprint density at radius 2 is 1.89 bits per heavy atom. The molecule has 0 saturated carbocycles.